The third-order valence-corrected chi connectivity index (χ3v) is 3.84. The summed E-state index contributed by atoms with van der Waals surface area (Å²) in [7, 11) is 1.66. The lowest BCUT2D eigenvalue weighted by molar-refractivity contribution is 0.416. The van der Waals surface area contributed by atoms with E-state index in [1.54, 1.807) is 13.4 Å². The third-order valence-electron chi connectivity index (χ3n) is 3.84. The fourth-order valence-electron chi connectivity index (χ4n) is 2.59. The van der Waals surface area contributed by atoms with E-state index in [1.807, 2.05) is 31.2 Å². The van der Waals surface area contributed by atoms with E-state index < -0.39 is 0 Å². The number of aromatic nitrogens is 2. The van der Waals surface area contributed by atoms with Gasteiger partial charge in [-0.05, 0) is 37.1 Å². The molecule has 0 atom stereocenters. The molecule has 0 spiro atoms. The molecule has 0 saturated heterocycles. The lowest BCUT2D eigenvalue weighted by Crippen LogP contribution is -2.03. The van der Waals surface area contributed by atoms with Gasteiger partial charge < -0.3 is 15.4 Å². The Morgan fingerprint density at radius 3 is 2.52 bits per heavy atom. The molecule has 5 nitrogen and oxygen atoms in total. The van der Waals surface area contributed by atoms with Gasteiger partial charge in [-0.15, -0.1) is 0 Å². The number of methoxy groups -OCH3 is 1. The van der Waals surface area contributed by atoms with Crippen LogP contribution >= 0.6 is 0 Å². The van der Waals surface area contributed by atoms with Crippen molar-refractivity contribution in [3.8, 4) is 5.75 Å². The van der Waals surface area contributed by atoms with Gasteiger partial charge in [0.15, 0.2) is 0 Å². The minimum absolute atomic E-state index is 0.714. The summed E-state index contributed by atoms with van der Waals surface area (Å²) in [5, 5.41) is 6.63. The predicted octanol–water partition coefficient (Wildman–Crippen LogP) is 4.46. The van der Waals surface area contributed by atoms with Crippen LogP contribution in [0, 0.1) is 13.8 Å². The number of hydrogen-bond acceptors (Lipinski definition) is 5. The van der Waals surface area contributed by atoms with Crippen LogP contribution in [-0.4, -0.2) is 17.1 Å². The van der Waals surface area contributed by atoms with Crippen LogP contribution in [0.25, 0.3) is 0 Å². The van der Waals surface area contributed by atoms with Gasteiger partial charge in [-0.1, -0.05) is 35.9 Å². The highest BCUT2D eigenvalue weighted by atomic mass is 16.5. The molecule has 1 heterocycles. The zero-order chi connectivity index (χ0) is 17.6. The monoisotopic (exact) mass is 334 g/mol. The Hall–Kier alpha value is -3.08. The summed E-state index contributed by atoms with van der Waals surface area (Å²) >= 11 is 0. The van der Waals surface area contributed by atoms with Crippen LogP contribution in [-0.2, 0) is 6.54 Å². The summed E-state index contributed by atoms with van der Waals surface area (Å²) in [6.45, 7) is 4.84. The van der Waals surface area contributed by atoms with Crippen LogP contribution in [0.5, 0.6) is 5.75 Å². The fraction of sp³-hybridized carbons (Fsp3) is 0.200. The number of nitrogens with one attached hydrogen (secondary N) is 2. The van der Waals surface area contributed by atoms with E-state index >= 15 is 0 Å². The van der Waals surface area contributed by atoms with Crippen molar-refractivity contribution in [1.82, 2.24) is 9.97 Å². The molecule has 25 heavy (non-hydrogen) atoms. The lowest BCUT2D eigenvalue weighted by Gasteiger charge is -2.12. The predicted molar refractivity (Wildman–Crippen MR) is 102 cm³/mol. The van der Waals surface area contributed by atoms with Gasteiger partial charge in [-0.3, -0.25) is 0 Å². The van der Waals surface area contributed by atoms with Gasteiger partial charge in [0.25, 0.3) is 0 Å². The Balaban J connectivity index is 1.72. The molecule has 5 heteroatoms. The zero-order valence-electron chi connectivity index (χ0n) is 14.7. The van der Waals surface area contributed by atoms with Crippen molar-refractivity contribution in [2.24, 2.45) is 0 Å². The van der Waals surface area contributed by atoms with Gasteiger partial charge in [0, 0.05) is 12.6 Å². The second-order valence-electron chi connectivity index (χ2n) is 5.96. The molecule has 3 aromatic rings. The van der Waals surface area contributed by atoms with Gasteiger partial charge in [0.1, 0.15) is 23.7 Å². The van der Waals surface area contributed by atoms with Crippen LogP contribution in [0.3, 0.4) is 0 Å². The molecular formula is C20H22N4O. The molecule has 0 aliphatic rings. The minimum atomic E-state index is 0.714. The molecule has 0 aliphatic carbocycles. The second-order valence-corrected chi connectivity index (χ2v) is 5.96. The number of rotatable bonds is 6. The molecule has 2 aromatic carbocycles. The Morgan fingerprint density at radius 2 is 1.72 bits per heavy atom. The van der Waals surface area contributed by atoms with E-state index in [1.165, 1.54) is 11.1 Å². The van der Waals surface area contributed by atoms with Crippen LogP contribution in [0.15, 0.2) is 54.9 Å². The molecule has 0 bridgehead atoms. The first-order chi connectivity index (χ1) is 12.1. The summed E-state index contributed by atoms with van der Waals surface area (Å²) in [4.78, 5) is 8.58. The normalized spacial score (nSPS) is 10.4. The molecule has 0 amide bonds. The Bertz CT molecular complexity index is 864. The molecule has 0 saturated carbocycles. The van der Waals surface area contributed by atoms with E-state index in [2.05, 4.69) is 51.8 Å². The summed E-state index contributed by atoms with van der Waals surface area (Å²) in [5.41, 5.74) is 4.49. The highest BCUT2D eigenvalue weighted by Crippen LogP contribution is 2.28. The highest BCUT2D eigenvalue weighted by Gasteiger charge is 2.05. The first-order valence-corrected chi connectivity index (χ1v) is 8.17. The van der Waals surface area contributed by atoms with E-state index in [9.17, 15) is 0 Å². The number of hydrogen-bond donors (Lipinski definition) is 2. The standard InChI is InChI=1S/C20H22N4O/c1-14-5-4-6-16(9-14)12-21-19-11-20(23-13-22-19)24-17-10-15(2)7-8-18(17)25-3/h4-11,13H,12H2,1-3H3,(H2,21,22,23,24). The average molecular weight is 334 g/mol. The number of aryl methyl sites for hydroxylation is 2. The molecular weight excluding hydrogens is 312 g/mol. The maximum atomic E-state index is 5.40. The topological polar surface area (TPSA) is 59.1 Å². The summed E-state index contributed by atoms with van der Waals surface area (Å²) in [5.74, 6) is 2.26. The van der Waals surface area contributed by atoms with E-state index in [0.717, 1.165) is 22.8 Å². The number of nitrogens with zero attached hydrogens (tertiary/aromatic N) is 2. The first-order valence-electron chi connectivity index (χ1n) is 8.17. The largest absolute Gasteiger partial charge is 0.495 e. The van der Waals surface area contributed by atoms with Gasteiger partial charge >= 0.3 is 0 Å². The Labute approximate surface area is 148 Å². The summed E-state index contributed by atoms with van der Waals surface area (Å²) in [6.07, 6.45) is 1.54. The highest BCUT2D eigenvalue weighted by molar-refractivity contribution is 5.66. The average Bonchev–Trinajstić information content (AvgIpc) is 2.61. The lowest BCUT2D eigenvalue weighted by atomic mass is 10.1. The number of benzene rings is 2. The molecule has 3 rings (SSSR count). The van der Waals surface area contributed by atoms with Crippen molar-refractivity contribution in [2.75, 3.05) is 17.7 Å². The number of anilines is 3. The molecule has 0 aliphatic heterocycles. The fourth-order valence-corrected chi connectivity index (χ4v) is 2.59. The maximum Gasteiger partial charge on any atom is 0.142 e. The van der Waals surface area contributed by atoms with Crippen molar-refractivity contribution >= 4 is 17.3 Å². The van der Waals surface area contributed by atoms with Crippen molar-refractivity contribution in [3.05, 3.63) is 71.5 Å². The Morgan fingerprint density at radius 1 is 0.920 bits per heavy atom. The molecule has 2 N–H and O–H groups in total. The smallest absolute Gasteiger partial charge is 0.142 e. The second kappa shape index (κ2) is 7.66. The van der Waals surface area contributed by atoms with E-state index in [0.29, 0.717) is 12.4 Å². The minimum Gasteiger partial charge on any atom is -0.495 e. The molecule has 1 aromatic heterocycles. The van der Waals surface area contributed by atoms with Crippen LogP contribution in [0.1, 0.15) is 16.7 Å². The number of ether oxygens (including phenoxy) is 1. The van der Waals surface area contributed by atoms with Crippen molar-refractivity contribution < 1.29 is 4.74 Å². The van der Waals surface area contributed by atoms with Gasteiger partial charge in [-0.25, -0.2) is 9.97 Å². The first kappa shape index (κ1) is 16.8. The van der Waals surface area contributed by atoms with Gasteiger partial charge in [0.05, 0.1) is 12.8 Å². The zero-order valence-corrected chi connectivity index (χ0v) is 14.7. The Kier molecular flexibility index (Phi) is 5.14. The summed E-state index contributed by atoms with van der Waals surface area (Å²) in [6, 6.07) is 16.3. The van der Waals surface area contributed by atoms with Crippen LogP contribution in [0.2, 0.25) is 0 Å². The molecule has 0 fully saturated rings. The molecule has 0 radical (unpaired) electrons. The SMILES string of the molecule is COc1ccc(C)cc1Nc1cc(NCc2cccc(C)c2)ncn1. The van der Waals surface area contributed by atoms with Gasteiger partial charge in [-0.2, -0.15) is 0 Å². The van der Waals surface area contributed by atoms with E-state index in [-0.39, 0.29) is 0 Å². The van der Waals surface area contributed by atoms with E-state index in [4.69, 9.17) is 4.74 Å². The molecule has 128 valence electrons. The summed E-state index contributed by atoms with van der Waals surface area (Å²) < 4.78 is 5.40. The van der Waals surface area contributed by atoms with Crippen molar-refractivity contribution in [2.45, 2.75) is 20.4 Å². The third kappa shape index (κ3) is 4.47. The van der Waals surface area contributed by atoms with Crippen molar-refractivity contribution in [3.63, 3.8) is 0 Å². The van der Waals surface area contributed by atoms with Crippen molar-refractivity contribution in [1.29, 1.82) is 0 Å². The maximum absolute atomic E-state index is 5.40. The quantitative estimate of drug-likeness (QED) is 0.697. The molecule has 0 unspecified atom stereocenters. The van der Waals surface area contributed by atoms with Crippen LogP contribution < -0.4 is 15.4 Å². The van der Waals surface area contributed by atoms with Gasteiger partial charge in [0.2, 0.25) is 0 Å². The van der Waals surface area contributed by atoms with Crippen LogP contribution in [0.4, 0.5) is 17.3 Å².